The molecule has 0 aliphatic heterocycles. The number of rotatable bonds is 5. The van der Waals surface area contributed by atoms with E-state index in [0.717, 1.165) is 16.8 Å². The van der Waals surface area contributed by atoms with Gasteiger partial charge in [0, 0.05) is 24.0 Å². The van der Waals surface area contributed by atoms with Crippen molar-refractivity contribution in [1.29, 1.82) is 0 Å². The molecule has 0 amide bonds. The molecule has 0 atom stereocenters. The van der Waals surface area contributed by atoms with Gasteiger partial charge in [-0.1, -0.05) is 0 Å². The van der Waals surface area contributed by atoms with Gasteiger partial charge in [0.15, 0.2) is 0 Å². The van der Waals surface area contributed by atoms with E-state index in [1.165, 1.54) is 6.07 Å². The van der Waals surface area contributed by atoms with Crippen LogP contribution >= 0.6 is 15.9 Å². The lowest BCUT2D eigenvalue weighted by molar-refractivity contribution is 0.269. The first-order chi connectivity index (χ1) is 9.10. The highest BCUT2D eigenvalue weighted by Crippen LogP contribution is 2.24. The van der Waals surface area contributed by atoms with Gasteiger partial charge in [0.05, 0.1) is 23.8 Å². The molecule has 2 rings (SSSR count). The van der Waals surface area contributed by atoms with Gasteiger partial charge in [0.25, 0.3) is 0 Å². The summed E-state index contributed by atoms with van der Waals surface area (Å²) in [4.78, 5) is 0. The summed E-state index contributed by atoms with van der Waals surface area (Å²) in [5.41, 5.74) is 2.74. The van der Waals surface area contributed by atoms with E-state index in [1.54, 1.807) is 16.9 Å². The molecule has 0 aliphatic carbocycles. The largest absolute Gasteiger partial charge is 0.394 e. The van der Waals surface area contributed by atoms with Crippen molar-refractivity contribution < 1.29 is 9.50 Å². The topological polar surface area (TPSA) is 50.1 Å². The Morgan fingerprint density at radius 2 is 2.26 bits per heavy atom. The Kier molecular flexibility index (Phi) is 4.55. The first-order valence-corrected chi connectivity index (χ1v) is 6.71. The SMILES string of the molecule is Cc1cc(F)c(Br)cc1NCc1cnn(CCO)c1. The molecule has 1 aromatic carbocycles. The molecule has 2 aromatic rings. The quantitative estimate of drug-likeness (QED) is 0.887. The van der Waals surface area contributed by atoms with Crippen LogP contribution in [0, 0.1) is 12.7 Å². The van der Waals surface area contributed by atoms with Crippen molar-refractivity contribution in [2.24, 2.45) is 0 Å². The molecular formula is C13H15BrFN3O. The lowest BCUT2D eigenvalue weighted by Crippen LogP contribution is -2.03. The molecular weight excluding hydrogens is 313 g/mol. The Morgan fingerprint density at radius 3 is 3.00 bits per heavy atom. The van der Waals surface area contributed by atoms with Crippen LogP contribution in [-0.2, 0) is 13.1 Å². The van der Waals surface area contributed by atoms with Crippen molar-refractivity contribution in [3.05, 3.63) is 45.9 Å². The number of nitrogens with one attached hydrogen (secondary N) is 1. The smallest absolute Gasteiger partial charge is 0.137 e. The molecule has 1 heterocycles. The van der Waals surface area contributed by atoms with Crippen molar-refractivity contribution in [1.82, 2.24) is 9.78 Å². The molecule has 0 bridgehead atoms. The number of aliphatic hydroxyl groups is 1. The van der Waals surface area contributed by atoms with Crippen molar-refractivity contribution >= 4 is 21.6 Å². The summed E-state index contributed by atoms with van der Waals surface area (Å²) in [6.07, 6.45) is 3.62. The number of aliphatic hydroxyl groups excluding tert-OH is 1. The second-order valence-corrected chi connectivity index (χ2v) is 5.12. The molecule has 0 saturated heterocycles. The van der Waals surface area contributed by atoms with Crippen LogP contribution in [0.5, 0.6) is 0 Å². The molecule has 0 saturated carbocycles. The molecule has 6 heteroatoms. The van der Waals surface area contributed by atoms with Crippen LogP contribution in [0.3, 0.4) is 0 Å². The van der Waals surface area contributed by atoms with Crippen molar-refractivity contribution in [2.45, 2.75) is 20.0 Å². The summed E-state index contributed by atoms with van der Waals surface area (Å²) < 4.78 is 15.4. The second-order valence-electron chi connectivity index (χ2n) is 4.27. The molecule has 0 radical (unpaired) electrons. The van der Waals surface area contributed by atoms with E-state index in [4.69, 9.17) is 5.11 Å². The molecule has 0 unspecified atom stereocenters. The van der Waals surface area contributed by atoms with Crippen LogP contribution in [0.25, 0.3) is 0 Å². The van der Waals surface area contributed by atoms with Gasteiger partial charge in [-0.3, -0.25) is 4.68 Å². The zero-order valence-electron chi connectivity index (χ0n) is 10.5. The van der Waals surface area contributed by atoms with Gasteiger partial charge in [-0.15, -0.1) is 0 Å². The lowest BCUT2D eigenvalue weighted by Gasteiger charge is -2.09. The molecule has 0 fully saturated rings. The first-order valence-electron chi connectivity index (χ1n) is 5.92. The molecule has 0 aliphatic rings. The van der Waals surface area contributed by atoms with Crippen molar-refractivity contribution in [3.63, 3.8) is 0 Å². The van der Waals surface area contributed by atoms with Gasteiger partial charge in [0.1, 0.15) is 5.82 Å². The molecule has 1 aromatic heterocycles. The highest BCUT2D eigenvalue weighted by molar-refractivity contribution is 9.10. The van der Waals surface area contributed by atoms with Gasteiger partial charge in [0.2, 0.25) is 0 Å². The van der Waals surface area contributed by atoms with E-state index in [9.17, 15) is 4.39 Å². The molecule has 102 valence electrons. The predicted octanol–water partition coefficient (Wildman–Crippen LogP) is 2.70. The van der Waals surface area contributed by atoms with Crippen LogP contribution < -0.4 is 5.32 Å². The van der Waals surface area contributed by atoms with Gasteiger partial charge >= 0.3 is 0 Å². The standard InChI is InChI=1S/C13H15BrFN3O/c1-9-4-12(15)11(14)5-13(9)16-6-10-7-17-18(8-10)2-3-19/h4-5,7-8,16,19H,2-3,6H2,1H3. The number of hydrogen-bond donors (Lipinski definition) is 2. The number of nitrogens with zero attached hydrogens (tertiary/aromatic N) is 2. The Hall–Kier alpha value is -1.40. The minimum Gasteiger partial charge on any atom is -0.394 e. The lowest BCUT2D eigenvalue weighted by atomic mass is 10.2. The summed E-state index contributed by atoms with van der Waals surface area (Å²) in [5, 5.41) is 16.2. The predicted molar refractivity (Wildman–Crippen MR) is 75.5 cm³/mol. The van der Waals surface area contributed by atoms with Gasteiger partial charge < -0.3 is 10.4 Å². The monoisotopic (exact) mass is 327 g/mol. The Bertz CT molecular complexity index is 571. The summed E-state index contributed by atoms with van der Waals surface area (Å²) in [7, 11) is 0. The summed E-state index contributed by atoms with van der Waals surface area (Å²) in [5.74, 6) is -0.265. The van der Waals surface area contributed by atoms with Gasteiger partial charge in [-0.2, -0.15) is 5.10 Å². The minimum absolute atomic E-state index is 0.0680. The fourth-order valence-electron chi connectivity index (χ4n) is 1.76. The summed E-state index contributed by atoms with van der Waals surface area (Å²) in [6, 6.07) is 3.21. The third kappa shape index (κ3) is 3.54. The van der Waals surface area contributed by atoms with Crippen LogP contribution in [-0.4, -0.2) is 21.5 Å². The molecule has 19 heavy (non-hydrogen) atoms. The summed E-state index contributed by atoms with van der Waals surface area (Å²) in [6.45, 7) is 3.01. The Labute approximate surface area is 119 Å². The minimum atomic E-state index is -0.265. The zero-order valence-corrected chi connectivity index (χ0v) is 12.1. The van der Waals surface area contributed by atoms with Crippen molar-refractivity contribution in [2.75, 3.05) is 11.9 Å². The average Bonchev–Trinajstić information content (AvgIpc) is 2.80. The van der Waals surface area contributed by atoms with E-state index in [0.29, 0.717) is 17.6 Å². The highest BCUT2D eigenvalue weighted by Gasteiger charge is 2.05. The number of aromatic nitrogens is 2. The maximum absolute atomic E-state index is 13.3. The first kappa shape index (κ1) is 14.0. The number of hydrogen-bond acceptors (Lipinski definition) is 3. The summed E-state index contributed by atoms with van der Waals surface area (Å²) >= 11 is 3.17. The van der Waals surface area contributed by atoms with Crippen LogP contribution in [0.4, 0.5) is 10.1 Å². The highest BCUT2D eigenvalue weighted by atomic mass is 79.9. The van der Waals surface area contributed by atoms with Crippen LogP contribution in [0.15, 0.2) is 29.0 Å². The van der Waals surface area contributed by atoms with E-state index in [2.05, 4.69) is 26.3 Å². The normalized spacial score (nSPS) is 10.7. The Balaban J connectivity index is 2.03. The average molecular weight is 328 g/mol. The number of benzene rings is 1. The van der Waals surface area contributed by atoms with Crippen molar-refractivity contribution in [3.8, 4) is 0 Å². The van der Waals surface area contributed by atoms with Gasteiger partial charge in [-0.25, -0.2) is 4.39 Å². The van der Waals surface area contributed by atoms with Crippen LogP contribution in [0.2, 0.25) is 0 Å². The van der Waals surface area contributed by atoms with E-state index < -0.39 is 0 Å². The maximum atomic E-state index is 13.3. The van der Waals surface area contributed by atoms with Crippen LogP contribution in [0.1, 0.15) is 11.1 Å². The number of aryl methyl sites for hydroxylation is 1. The fourth-order valence-corrected chi connectivity index (χ4v) is 2.10. The Morgan fingerprint density at radius 1 is 1.47 bits per heavy atom. The van der Waals surface area contributed by atoms with E-state index in [1.807, 2.05) is 13.1 Å². The maximum Gasteiger partial charge on any atom is 0.137 e. The van der Waals surface area contributed by atoms with E-state index in [-0.39, 0.29) is 12.4 Å². The molecule has 4 nitrogen and oxygen atoms in total. The second kappa shape index (κ2) is 6.16. The van der Waals surface area contributed by atoms with E-state index >= 15 is 0 Å². The number of anilines is 1. The molecule has 2 N–H and O–H groups in total. The third-order valence-corrected chi connectivity index (χ3v) is 3.37. The van der Waals surface area contributed by atoms with Gasteiger partial charge in [-0.05, 0) is 40.5 Å². The zero-order chi connectivity index (χ0) is 13.8. The fraction of sp³-hybridized carbons (Fsp3) is 0.308. The molecule has 0 spiro atoms. The number of halogens is 2. The third-order valence-electron chi connectivity index (χ3n) is 2.77.